The summed E-state index contributed by atoms with van der Waals surface area (Å²) in [6.07, 6.45) is 4.25. The number of halogens is 1. The van der Waals surface area contributed by atoms with Crippen molar-refractivity contribution in [1.29, 1.82) is 0 Å². The maximum Gasteiger partial charge on any atom is 0.326 e. The van der Waals surface area contributed by atoms with Gasteiger partial charge in [-0.05, 0) is 36.8 Å². The van der Waals surface area contributed by atoms with Gasteiger partial charge in [-0.2, -0.15) is 0 Å². The third-order valence-corrected chi connectivity index (χ3v) is 4.23. The van der Waals surface area contributed by atoms with E-state index >= 15 is 0 Å². The SMILES string of the molecule is CC1CCCC(C(Nc2ccccc2Cl)C(=O)O)C1. The molecule has 0 spiro atoms. The minimum absolute atomic E-state index is 0.178. The lowest BCUT2D eigenvalue weighted by atomic mass is 9.78. The number of benzene rings is 1. The van der Waals surface area contributed by atoms with Gasteiger partial charge in [0.1, 0.15) is 6.04 Å². The van der Waals surface area contributed by atoms with E-state index in [9.17, 15) is 9.90 Å². The number of carboxylic acid groups (broad SMARTS) is 1. The third kappa shape index (κ3) is 3.63. The molecule has 3 unspecified atom stereocenters. The van der Waals surface area contributed by atoms with Gasteiger partial charge in [-0.1, -0.05) is 43.5 Å². The van der Waals surface area contributed by atoms with Crippen molar-refractivity contribution in [2.24, 2.45) is 11.8 Å². The van der Waals surface area contributed by atoms with Gasteiger partial charge in [-0.15, -0.1) is 0 Å². The van der Waals surface area contributed by atoms with Crippen LogP contribution in [0, 0.1) is 11.8 Å². The quantitative estimate of drug-likeness (QED) is 0.876. The van der Waals surface area contributed by atoms with E-state index in [1.165, 1.54) is 6.42 Å². The average molecular weight is 282 g/mol. The summed E-state index contributed by atoms with van der Waals surface area (Å²) in [5, 5.41) is 13.1. The summed E-state index contributed by atoms with van der Waals surface area (Å²) in [6.45, 7) is 2.20. The largest absolute Gasteiger partial charge is 0.480 e. The van der Waals surface area contributed by atoms with Crippen molar-refractivity contribution >= 4 is 23.3 Å². The predicted octanol–water partition coefficient (Wildman–Crippen LogP) is 4.03. The molecule has 1 aliphatic carbocycles. The van der Waals surface area contributed by atoms with Crippen LogP contribution in [-0.4, -0.2) is 17.1 Å². The van der Waals surface area contributed by atoms with Crippen molar-refractivity contribution in [1.82, 2.24) is 0 Å². The molecule has 104 valence electrons. The highest BCUT2D eigenvalue weighted by Gasteiger charge is 2.31. The van der Waals surface area contributed by atoms with Crippen LogP contribution >= 0.6 is 11.6 Å². The number of carboxylic acids is 1. The molecule has 1 fully saturated rings. The van der Waals surface area contributed by atoms with Crippen molar-refractivity contribution in [2.75, 3.05) is 5.32 Å². The Morgan fingerprint density at radius 3 is 2.79 bits per heavy atom. The van der Waals surface area contributed by atoms with Gasteiger partial charge in [0.05, 0.1) is 10.7 Å². The Bertz CT molecular complexity index is 450. The fourth-order valence-electron chi connectivity index (χ4n) is 2.91. The molecule has 1 aromatic rings. The lowest BCUT2D eigenvalue weighted by Crippen LogP contribution is -2.39. The zero-order valence-corrected chi connectivity index (χ0v) is 11.9. The molecule has 0 aliphatic heterocycles. The molecule has 0 bridgehead atoms. The standard InChI is InChI=1S/C15H20ClNO2/c1-10-5-4-6-11(9-10)14(15(18)19)17-13-8-3-2-7-12(13)16/h2-3,7-8,10-11,14,17H,4-6,9H2,1H3,(H,18,19). The summed E-state index contributed by atoms with van der Waals surface area (Å²) >= 11 is 6.09. The highest BCUT2D eigenvalue weighted by molar-refractivity contribution is 6.33. The lowest BCUT2D eigenvalue weighted by Gasteiger charge is -2.32. The molecule has 0 saturated heterocycles. The topological polar surface area (TPSA) is 49.3 Å². The Labute approximate surface area is 119 Å². The number of hydrogen-bond acceptors (Lipinski definition) is 2. The Morgan fingerprint density at radius 2 is 2.16 bits per heavy atom. The Balaban J connectivity index is 2.12. The fraction of sp³-hybridized carbons (Fsp3) is 0.533. The first-order valence-corrected chi connectivity index (χ1v) is 7.19. The Hall–Kier alpha value is -1.22. The zero-order chi connectivity index (χ0) is 13.8. The highest BCUT2D eigenvalue weighted by atomic mass is 35.5. The van der Waals surface area contributed by atoms with E-state index in [-0.39, 0.29) is 5.92 Å². The molecule has 1 aliphatic rings. The number of aliphatic carboxylic acids is 1. The van der Waals surface area contributed by atoms with E-state index in [0.717, 1.165) is 19.3 Å². The highest BCUT2D eigenvalue weighted by Crippen LogP contribution is 2.33. The second-order valence-electron chi connectivity index (χ2n) is 5.47. The predicted molar refractivity (Wildman–Crippen MR) is 77.6 cm³/mol. The van der Waals surface area contributed by atoms with Crippen molar-refractivity contribution in [3.8, 4) is 0 Å². The summed E-state index contributed by atoms with van der Waals surface area (Å²) < 4.78 is 0. The van der Waals surface area contributed by atoms with E-state index in [1.54, 1.807) is 6.07 Å². The van der Waals surface area contributed by atoms with Crippen LogP contribution in [0.2, 0.25) is 5.02 Å². The first-order chi connectivity index (χ1) is 9.08. The lowest BCUT2D eigenvalue weighted by molar-refractivity contribution is -0.139. The second-order valence-corrected chi connectivity index (χ2v) is 5.88. The molecule has 0 amide bonds. The molecule has 2 rings (SSSR count). The first-order valence-electron chi connectivity index (χ1n) is 6.82. The molecule has 0 heterocycles. The molecule has 0 radical (unpaired) electrons. The molecule has 4 heteroatoms. The van der Waals surface area contributed by atoms with Gasteiger partial charge in [-0.3, -0.25) is 0 Å². The Kier molecular flexibility index (Phi) is 4.70. The van der Waals surface area contributed by atoms with E-state index in [0.29, 0.717) is 16.6 Å². The summed E-state index contributed by atoms with van der Waals surface area (Å²) in [6, 6.07) is 6.74. The molecule has 0 aromatic heterocycles. The van der Waals surface area contributed by atoms with Crippen molar-refractivity contribution in [3.05, 3.63) is 29.3 Å². The number of hydrogen-bond donors (Lipinski definition) is 2. The minimum Gasteiger partial charge on any atom is -0.480 e. The van der Waals surface area contributed by atoms with E-state index in [1.807, 2.05) is 18.2 Å². The van der Waals surface area contributed by atoms with Gasteiger partial charge in [0.25, 0.3) is 0 Å². The third-order valence-electron chi connectivity index (χ3n) is 3.90. The molecule has 19 heavy (non-hydrogen) atoms. The molecule has 3 nitrogen and oxygen atoms in total. The first kappa shape index (κ1) is 14.2. The molecule has 1 aromatic carbocycles. The Morgan fingerprint density at radius 1 is 1.42 bits per heavy atom. The van der Waals surface area contributed by atoms with Gasteiger partial charge in [-0.25, -0.2) is 4.79 Å². The van der Waals surface area contributed by atoms with Crippen LogP contribution in [0.15, 0.2) is 24.3 Å². The van der Waals surface area contributed by atoms with Crippen molar-refractivity contribution in [3.63, 3.8) is 0 Å². The van der Waals surface area contributed by atoms with Crippen molar-refractivity contribution in [2.45, 2.75) is 38.6 Å². The fourth-order valence-corrected chi connectivity index (χ4v) is 3.10. The van der Waals surface area contributed by atoms with Crippen LogP contribution in [0.25, 0.3) is 0 Å². The van der Waals surface area contributed by atoms with Crippen LogP contribution < -0.4 is 5.32 Å². The monoisotopic (exact) mass is 281 g/mol. The number of carbonyl (C=O) groups is 1. The van der Waals surface area contributed by atoms with Crippen LogP contribution in [0.4, 0.5) is 5.69 Å². The molecular weight excluding hydrogens is 262 g/mol. The van der Waals surface area contributed by atoms with Gasteiger partial charge >= 0.3 is 5.97 Å². The smallest absolute Gasteiger partial charge is 0.326 e. The maximum atomic E-state index is 11.5. The van der Waals surface area contributed by atoms with Crippen molar-refractivity contribution < 1.29 is 9.90 Å². The van der Waals surface area contributed by atoms with Crippen LogP contribution in [0.1, 0.15) is 32.6 Å². The van der Waals surface area contributed by atoms with Crippen LogP contribution in [-0.2, 0) is 4.79 Å². The number of rotatable bonds is 4. The maximum absolute atomic E-state index is 11.5. The van der Waals surface area contributed by atoms with Gasteiger partial charge < -0.3 is 10.4 Å². The number of nitrogens with one attached hydrogen (secondary N) is 1. The van der Waals surface area contributed by atoms with Crippen LogP contribution in [0.5, 0.6) is 0 Å². The van der Waals surface area contributed by atoms with E-state index in [2.05, 4.69) is 12.2 Å². The van der Waals surface area contributed by atoms with Crippen LogP contribution in [0.3, 0.4) is 0 Å². The molecular formula is C15H20ClNO2. The summed E-state index contributed by atoms with van der Waals surface area (Å²) in [7, 11) is 0. The normalized spacial score (nSPS) is 24.7. The average Bonchev–Trinajstić information content (AvgIpc) is 2.37. The molecule has 3 atom stereocenters. The zero-order valence-electron chi connectivity index (χ0n) is 11.1. The molecule has 1 saturated carbocycles. The van der Waals surface area contributed by atoms with Gasteiger partial charge in [0, 0.05) is 0 Å². The molecule has 2 N–H and O–H groups in total. The summed E-state index contributed by atoms with van der Waals surface area (Å²) in [5.74, 6) is -0.00909. The van der Waals surface area contributed by atoms with E-state index in [4.69, 9.17) is 11.6 Å². The second kappa shape index (κ2) is 6.29. The minimum atomic E-state index is -0.793. The number of para-hydroxylation sites is 1. The van der Waals surface area contributed by atoms with Gasteiger partial charge in [0.15, 0.2) is 0 Å². The number of anilines is 1. The van der Waals surface area contributed by atoms with Gasteiger partial charge in [0.2, 0.25) is 0 Å². The summed E-state index contributed by atoms with van der Waals surface area (Å²) in [5.41, 5.74) is 0.704. The summed E-state index contributed by atoms with van der Waals surface area (Å²) in [4.78, 5) is 11.5. The van der Waals surface area contributed by atoms with E-state index < -0.39 is 12.0 Å².